The number of phenols is 1. The highest BCUT2D eigenvalue weighted by Crippen LogP contribution is 2.39. The monoisotopic (exact) mass is 293 g/mol. The number of fused-ring (bicyclic) bond motifs is 1. The number of anilines is 1. The second-order valence-corrected chi connectivity index (χ2v) is 5.55. The van der Waals surface area contributed by atoms with Crippen LogP contribution < -0.4 is 5.32 Å². The Morgan fingerprint density at radius 2 is 2.00 bits per heavy atom. The first-order chi connectivity index (χ1) is 9.15. The number of halogens is 2. The van der Waals surface area contributed by atoms with Gasteiger partial charge in [-0.2, -0.15) is 0 Å². The molecule has 0 amide bonds. The van der Waals surface area contributed by atoms with Crippen molar-refractivity contribution in [3.63, 3.8) is 0 Å². The zero-order chi connectivity index (χ0) is 13.4. The maximum Gasteiger partial charge on any atom is 0.119 e. The predicted molar refractivity (Wildman–Crippen MR) is 79.3 cm³/mol. The van der Waals surface area contributed by atoms with Crippen molar-refractivity contribution in [3.8, 4) is 5.75 Å². The normalized spacial score (nSPS) is 17.3. The molecule has 2 N–H and O–H groups in total. The summed E-state index contributed by atoms with van der Waals surface area (Å²) in [5, 5.41) is 14.5. The maximum atomic E-state index is 9.83. The fraction of sp³-hybridized carbons (Fsp3) is 0.200. The van der Waals surface area contributed by atoms with Crippen molar-refractivity contribution >= 4 is 28.9 Å². The van der Waals surface area contributed by atoms with Gasteiger partial charge in [0.25, 0.3) is 0 Å². The molecule has 2 nitrogen and oxygen atoms in total. The van der Waals surface area contributed by atoms with Crippen LogP contribution in [0, 0.1) is 0 Å². The summed E-state index contributed by atoms with van der Waals surface area (Å²) in [5.41, 5.74) is 3.04. The molecule has 0 fully saturated rings. The molecule has 0 saturated carbocycles. The first-order valence-corrected chi connectivity index (χ1v) is 6.93. The van der Waals surface area contributed by atoms with Crippen LogP contribution in [-0.4, -0.2) is 5.11 Å². The minimum atomic E-state index is 0.181. The summed E-state index contributed by atoms with van der Waals surface area (Å²) in [7, 11) is 0. The van der Waals surface area contributed by atoms with Gasteiger partial charge in [-0.25, -0.2) is 0 Å². The van der Waals surface area contributed by atoms with E-state index in [2.05, 4.69) is 5.32 Å². The van der Waals surface area contributed by atoms with Gasteiger partial charge in [0.1, 0.15) is 5.75 Å². The lowest BCUT2D eigenvalue weighted by Crippen LogP contribution is -2.07. The number of hydrogen-bond donors (Lipinski definition) is 2. The lowest BCUT2D eigenvalue weighted by molar-refractivity contribution is 0.469. The van der Waals surface area contributed by atoms with Gasteiger partial charge in [0.15, 0.2) is 0 Å². The molecule has 2 aromatic rings. The highest BCUT2D eigenvalue weighted by molar-refractivity contribution is 6.36. The first kappa shape index (κ1) is 12.6. The van der Waals surface area contributed by atoms with E-state index >= 15 is 0 Å². The minimum absolute atomic E-state index is 0.181. The van der Waals surface area contributed by atoms with Crippen molar-refractivity contribution < 1.29 is 5.11 Å². The van der Waals surface area contributed by atoms with Gasteiger partial charge in [0.05, 0.1) is 16.8 Å². The third-order valence-corrected chi connectivity index (χ3v) is 4.05. The number of hydrogen-bond acceptors (Lipinski definition) is 2. The van der Waals surface area contributed by atoms with E-state index in [0.29, 0.717) is 15.8 Å². The lowest BCUT2D eigenvalue weighted by Gasteiger charge is -2.17. The highest BCUT2D eigenvalue weighted by atomic mass is 35.5. The van der Waals surface area contributed by atoms with Crippen molar-refractivity contribution in [3.05, 3.63) is 57.6 Å². The average molecular weight is 294 g/mol. The number of rotatable bonds is 2. The van der Waals surface area contributed by atoms with E-state index in [-0.39, 0.29) is 6.04 Å². The maximum absolute atomic E-state index is 9.83. The lowest BCUT2D eigenvalue weighted by atomic mass is 10.1. The third kappa shape index (κ3) is 2.38. The molecule has 0 saturated heterocycles. The summed E-state index contributed by atoms with van der Waals surface area (Å²) in [6.45, 7) is 0. The molecule has 0 spiro atoms. The summed E-state index contributed by atoms with van der Waals surface area (Å²) in [6, 6.07) is 11.3. The van der Waals surface area contributed by atoms with Gasteiger partial charge in [0.2, 0.25) is 0 Å². The van der Waals surface area contributed by atoms with E-state index in [9.17, 15) is 5.11 Å². The molecule has 4 heteroatoms. The molecule has 1 aliphatic rings. The van der Waals surface area contributed by atoms with Gasteiger partial charge in [-0.3, -0.25) is 0 Å². The van der Waals surface area contributed by atoms with E-state index < -0.39 is 0 Å². The molecule has 1 unspecified atom stereocenters. The molecule has 98 valence electrons. The molecule has 0 aromatic heterocycles. The smallest absolute Gasteiger partial charge is 0.119 e. The van der Waals surface area contributed by atoms with E-state index in [1.165, 1.54) is 0 Å². The van der Waals surface area contributed by atoms with Gasteiger partial charge in [-0.05, 0) is 48.2 Å². The minimum Gasteiger partial charge on any atom is -0.508 e. The quantitative estimate of drug-likeness (QED) is 0.834. The van der Waals surface area contributed by atoms with Gasteiger partial charge < -0.3 is 10.4 Å². The van der Waals surface area contributed by atoms with Crippen LogP contribution in [0.25, 0.3) is 0 Å². The third-order valence-electron chi connectivity index (χ3n) is 3.51. The Kier molecular flexibility index (Phi) is 3.29. The van der Waals surface area contributed by atoms with E-state index in [1.807, 2.05) is 24.3 Å². The zero-order valence-electron chi connectivity index (χ0n) is 10.2. The first-order valence-electron chi connectivity index (χ1n) is 6.17. The van der Waals surface area contributed by atoms with Crippen molar-refractivity contribution in [2.75, 3.05) is 5.32 Å². The van der Waals surface area contributed by atoms with Crippen LogP contribution in [0.3, 0.4) is 0 Å². The van der Waals surface area contributed by atoms with Gasteiger partial charge in [-0.15, -0.1) is 0 Å². The molecular formula is C15H13Cl2NO. The average Bonchev–Trinajstić information content (AvgIpc) is 2.78. The zero-order valence-corrected chi connectivity index (χ0v) is 11.7. The van der Waals surface area contributed by atoms with Gasteiger partial charge in [-0.1, -0.05) is 35.3 Å². The Labute approximate surface area is 122 Å². The summed E-state index contributed by atoms with van der Waals surface area (Å²) in [4.78, 5) is 0. The van der Waals surface area contributed by atoms with Crippen LogP contribution in [0.4, 0.5) is 5.69 Å². The Hall–Kier alpha value is -1.38. The van der Waals surface area contributed by atoms with Crippen LogP contribution in [-0.2, 0) is 6.42 Å². The number of benzene rings is 2. The summed E-state index contributed by atoms with van der Waals surface area (Å²) in [6.07, 6.45) is 1.83. The summed E-state index contributed by atoms with van der Waals surface area (Å²) in [5.74, 6) is 0.379. The molecule has 2 aromatic carbocycles. The standard InChI is InChI=1S/C15H13Cl2NO/c16-9-4-6-14(12(17)8-9)18-13-7-5-11-10(13)2-1-3-15(11)19/h1-4,6,8,13,18-19H,5,7H2. The second-order valence-electron chi connectivity index (χ2n) is 4.70. The van der Waals surface area contributed by atoms with Crippen LogP contribution >= 0.6 is 23.2 Å². The molecule has 3 rings (SSSR count). The van der Waals surface area contributed by atoms with Crippen molar-refractivity contribution in [2.24, 2.45) is 0 Å². The topological polar surface area (TPSA) is 32.3 Å². The largest absolute Gasteiger partial charge is 0.508 e. The Bertz CT molecular complexity index is 628. The van der Waals surface area contributed by atoms with Crippen LogP contribution in [0.1, 0.15) is 23.6 Å². The molecule has 0 radical (unpaired) electrons. The van der Waals surface area contributed by atoms with Crippen LogP contribution in [0.2, 0.25) is 10.0 Å². The summed E-state index contributed by atoms with van der Waals surface area (Å²) >= 11 is 12.1. The fourth-order valence-corrected chi connectivity index (χ4v) is 3.04. The molecule has 19 heavy (non-hydrogen) atoms. The van der Waals surface area contributed by atoms with Gasteiger partial charge >= 0.3 is 0 Å². The van der Waals surface area contributed by atoms with E-state index in [1.54, 1.807) is 12.1 Å². The van der Waals surface area contributed by atoms with Crippen LogP contribution in [0.15, 0.2) is 36.4 Å². The molecule has 0 aliphatic heterocycles. The predicted octanol–water partition coefficient (Wildman–Crippen LogP) is 4.80. The fourth-order valence-electron chi connectivity index (χ4n) is 2.58. The molecule has 1 aliphatic carbocycles. The van der Waals surface area contributed by atoms with Crippen LogP contribution in [0.5, 0.6) is 5.75 Å². The SMILES string of the molecule is Oc1cccc2c1CCC2Nc1ccc(Cl)cc1Cl. The van der Waals surface area contributed by atoms with Gasteiger partial charge in [0, 0.05) is 5.02 Å². The Balaban J connectivity index is 1.89. The molecule has 1 atom stereocenters. The number of phenolic OH excluding ortho intramolecular Hbond substituents is 1. The molecular weight excluding hydrogens is 281 g/mol. The highest BCUT2D eigenvalue weighted by Gasteiger charge is 2.24. The second kappa shape index (κ2) is 4.95. The van der Waals surface area contributed by atoms with Crippen molar-refractivity contribution in [2.45, 2.75) is 18.9 Å². The van der Waals surface area contributed by atoms with E-state index in [4.69, 9.17) is 23.2 Å². The van der Waals surface area contributed by atoms with Crippen molar-refractivity contribution in [1.82, 2.24) is 0 Å². The van der Waals surface area contributed by atoms with E-state index in [0.717, 1.165) is 29.7 Å². The molecule has 0 heterocycles. The Morgan fingerprint density at radius 1 is 1.16 bits per heavy atom. The van der Waals surface area contributed by atoms with Crippen molar-refractivity contribution in [1.29, 1.82) is 0 Å². The number of nitrogens with one attached hydrogen (secondary N) is 1. The number of aromatic hydroxyl groups is 1. The Morgan fingerprint density at radius 3 is 2.79 bits per heavy atom. The molecule has 0 bridgehead atoms. The summed E-state index contributed by atoms with van der Waals surface area (Å²) < 4.78 is 0.